The van der Waals surface area contributed by atoms with Crippen LogP contribution in [0, 0.1) is 5.82 Å². The van der Waals surface area contributed by atoms with Crippen molar-refractivity contribution in [3.8, 4) is 0 Å². The van der Waals surface area contributed by atoms with E-state index in [-0.39, 0.29) is 4.90 Å². The van der Waals surface area contributed by atoms with Crippen LogP contribution in [0.15, 0.2) is 53.4 Å². The van der Waals surface area contributed by atoms with Crippen LogP contribution < -0.4 is 10.0 Å². The van der Waals surface area contributed by atoms with Crippen LogP contribution in [0.4, 0.5) is 10.1 Å². The van der Waals surface area contributed by atoms with Crippen molar-refractivity contribution in [2.24, 2.45) is 0 Å². The molecule has 0 saturated carbocycles. The van der Waals surface area contributed by atoms with Crippen LogP contribution in [0.5, 0.6) is 0 Å². The molecule has 2 aromatic rings. The molecule has 0 aromatic heterocycles. The zero-order valence-electron chi connectivity index (χ0n) is 11.6. The maximum absolute atomic E-state index is 12.9. The largest absolute Gasteiger partial charge is 0.313 e. The quantitative estimate of drug-likeness (QED) is 0.862. The van der Waals surface area contributed by atoms with E-state index in [2.05, 4.69) is 10.0 Å². The first-order valence-electron chi connectivity index (χ1n) is 6.59. The summed E-state index contributed by atoms with van der Waals surface area (Å²) < 4.78 is 39.7. The smallest absolute Gasteiger partial charge is 0.261 e. The van der Waals surface area contributed by atoms with Gasteiger partial charge in [-0.3, -0.25) is 4.72 Å². The number of halogens is 1. The molecule has 0 unspecified atom stereocenters. The van der Waals surface area contributed by atoms with Gasteiger partial charge in [0.15, 0.2) is 0 Å². The Morgan fingerprint density at radius 3 is 2.48 bits per heavy atom. The van der Waals surface area contributed by atoms with Gasteiger partial charge in [0.25, 0.3) is 10.0 Å². The first kappa shape index (κ1) is 15.5. The van der Waals surface area contributed by atoms with Gasteiger partial charge in [-0.2, -0.15) is 0 Å². The second-order valence-corrected chi connectivity index (χ2v) is 6.22. The lowest BCUT2D eigenvalue weighted by Crippen LogP contribution is -2.14. The number of benzene rings is 2. The van der Waals surface area contributed by atoms with Gasteiger partial charge in [-0.05, 0) is 48.5 Å². The van der Waals surface area contributed by atoms with Gasteiger partial charge in [0.05, 0.1) is 4.90 Å². The van der Waals surface area contributed by atoms with Crippen molar-refractivity contribution in [1.29, 1.82) is 0 Å². The molecule has 4 nitrogen and oxygen atoms in total. The highest BCUT2D eigenvalue weighted by molar-refractivity contribution is 7.92. The lowest BCUT2D eigenvalue weighted by molar-refractivity contribution is 0.599. The lowest BCUT2D eigenvalue weighted by Gasteiger charge is -2.10. The van der Waals surface area contributed by atoms with Gasteiger partial charge in [-0.1, -0.05) is 19.1 Å². The molecule has 0 heterocycles. The fraction of sp³-hybridized carbons (Fsp3) is 0.200. The molecule has 0 amide bonds. The Hall–Kier alpha value is -1.92. The Labute approximate surface area is 124 Å². The highest BCUT2D eigenvalue weighted by Crippen LogP contribution is 2.17. The summed E-state index contributed by atoms with van der Waals surface area (Å²) in [5, 5.41) is 3.17. The normalized spacial score (nSPS) is 11.3. The average Bonchev–Trinajstić information content (AvgIpc) is 2.45. The molecule has 0 fully saturated rings. The SMILES string of the molecule is CCNCc1cccc(NS(=O)(=O)c2ccc(F)cc2)c1. The predicted molar refractivity (Wildman–Crippen MR) is 81.0 cm³/mol. The van der Waals surface area contributed by atoms with Crippen molar-refractivity contribution in [1.82, 2.24) is 5.32 Å². The third-order valence-corrected chi connectivity index (χ3v) is 4.28. The van der Waals surface area contributed by atoms with Gasteiger partial charge in [0.2, 0.25) is 0 Å². The molecule has 112 valence electrons. The molecule has 0 saturated heterocycles. The van der Waals surface area contributed by atoms with Crippen molar-refractivity contribution >= 4 is 15.7 Å². The maximum Gasteiger partial charge on any atom is 0.261 e. The van der Waals surface area contributed by atoms with Crippen LogP contribution in [0.3, 0.4) is 0 Å². The fourth-order valence-corrected chi connectivity index (χ4v) is 2.89. The van der Waals surface area contributed by atoms with Gasteiger partial charge in [0.1, 0.15) is 5.82 Å². The van der Waals surface area contributed by atoms with Crippen molar-refractivity contribution in [3.05, 3.63) is 59.9 Å². The van der Waals surface area contributed by atoms with Crippen molar-refractivity contribution in [2.45, 2.75) is 18.4 Å². The molecule has 21 heavy (non-hydrogen) atoms. The summed E-state index contributed by atoms with van der Waals surface area (Å²) in [7, 11) is -3.70. The van der Waals surface area contributed by atoms with E-state index in [0.29, 0.717) is 12.2 Å². The molecule has 2 aromatic carbocycles. The molecule has 0 atom stereocenters. The van der Waals surface area contributed by atoms with E-state index in [9.17, 15) is 12.8 Å². The van der Waals surface area contributed by atoms with Gasteiger partial charge >= 0.3 is 0 Å². The van der Waals surface area contributed by atoms with Crippen LogP contribution in [0.1, 0.15) is 12.5 Å². The van der Waals surface area contributed by atoms with Crippen LogP contribution >= 0.6 is 0 Å². The Kier molecular flexibility index (Phi) is 4.93. The van der Waals surface area contributed by atoms with Crippen LogP contribution in [-0.2, 0) is 16.6 Å². The van der Waals surface area contributed by atoms with E-state index < -0.39 is 15.8 Å². The number of hydrogen-bond acceptors (Lipinski definition) is 3. The molecule has 6 heteroatoms. The standard InChI is InChI=1S/C15H17FN2O2S/c1-2-17-11-12-4-3-5-14(10-12)18-21(19,20)15-8-6-13(16)7-9-15/h3-10,17-18H,2,11H2,1H3. The Morgan fingerprint density at radius 2 is 1.81 bits per heavy atom. The van der Waals surface area contributed by atoms with Crippen LogP contribution in [0.25, 0.3) is 0 Å². The van der Waals surface area contributed by atoms with Gasteiger partial charge in [0, 0.05) is 12.2 Å². The van der Waals surface area contributed by atoms with Crippen molar-refractivity contribution < 1.29 is 12.8 Å². The van der Waals surface area contributed by atoms with Crippen molar-refractivity contribution in [3.63, 3.8) is 0 Å². The number of hydrogen-bond donors (Lipinski definition) is 2. The molecule has 0 aliphatic rings. The lowest BCUT2D eigenvalue weighted by atomic mass is 10.2. The molecule has 0 aliphatic heterocycles. The van der Waals surface area contributed by atoms with Crippen molar-refractivity contribution in [2.75, 3.05) is 11.3 Å². The summed E-state index contributed by atoms with van der Waals surface area (Å²) in [6, 6.07) is 11.9. The second kappa shape index (κ2) is 6.69. The topological polar surface area (TPSA) is 58.2 Å². The minimum atomic E-state index is -3.70. The molecule has 0 aliphatic carbocycles. The summed E-state index contributed by atoms with van der Waals surface area (Å²) in [6.07, 6.45) is 0. The van der Waals surface area contributed by atoms with Gasteiger partial charge in [-0.15, -0.1) is 0 Å². The van der Waals surface area contributed by atoms with E-state index in [4.69, 9.17) is 0 Å². The number of sulfonamides is 1. The Balaban J connectivity index is 2.18. The minimum Gasteiger partial charge on any atom is -0.313 e. The summed E-state index contributed by atoms with van der Waals surface area (Å²) in [4.78, 5) is 0.0287. The third-order valence-electron chi connectivity index (χ3n) is 2.88. The molecular formula is C15H17FN2O2S. The summed E-state index contributed by atoms with van der Waals surface area (Å²) in [6.45, 7) is 3.51. The molecule has 2 rings (SSSR count). The van der Waals surface area contributed by atoms with E-state index >= 15 is 0 Å². The fourth-order valence-electron chi connectivity index (χ4n) is 1.84. The number of rotatable bonds is 6. The minimum absolute atomic E-state index is 0.0287. The average molecular weight is 308 g/mol. The monoisotopic (exact) mass is 308 g/mol. The molecular weight excluding hydrogens is 291 g/mol. The Bertz CT molecular complexity index is 700. The zero-order valence-corrected chi connectivity index (χ0v) is 12.5. The van der Waals surface area contributed by atoms with Gasteiger partial charge in [-0.25, -0.2) is 12.8 Å². The predicted octanol–water partition coefficient (Wildman–Crippen LogP) is 2.74. The van der Waals surface area contributed by atoms with E-state index in [1.807, 2.05) is 13.0 Å². The summed E-state index contributed by atoms with van der Waals surface area (Å²) in [5.41, 5.74) is 1.46. The second-order valence-electron chi connectivity index (χ2n) is 4.54. The van der Waals surface area contributed by atoms with Gasteiger partial charge < -0.3 is 5.32 Å². The molecule has 0 spiro atoms. The first-order chi connectivity index (χ1) is 10.0. The maximum atomic E-state index is 12.9. The summed E-state index contributed by atoms with van der Waals surface area (Å²) in [5.74, 6) is -0.471. The molecule has 0 radical (unpaired) electrons. The zero-order chi connectivity index (χ0) is 15.3. The van der Waals surface area contributed by atoms with Crippen LogP contribution in [-0.4, -0.2) is 15.0 Å². The number of nitrogens with one attached hydrogen (secondary N) is 2. The highest BCUT2D eigenvalue weighted by atomic mass is 32.2. The summed E-state index contributed by atoms with van der Waals surface area (Å²) >= 11 is 0. The van der Waals surface area contributed by atoms with E-state index in [1.54, 1.807) is 18.2 Å². The first-order valence-corrected chi connectivity index (χ1v) is 8.07. The van der Waals surface area contributed by atoms with E-state index in [0.717, 1.165) is 24.2 Å². The Morgan fingerprint density at radius 1 is 1.10 bits per heavy atom. The molecule has 2 N–H and O–H groups in total. The van der Waals surface area contributed by atoms with E-state index in [1.165, 1.54) is 12.1 Å². The highest BCUT2D eigenvalue weighted by Gasteiger charge is 2.14. The molecule has 0 bridgehead atoms. The third kappa shape index (κ3) is 4.27. The number of anilines is 1. The van der Waals surface area contributed by atoms with Crippen LogP contribution in [0.2, 0.25) is 0 Å².